The number of hydrogen-bond donors (Lipinski definition) is 2. The Labute approximate surface area is 115 Å². The summed E-state index contributed by atoms with van der Waals surface area (Å²) >= 11 is 1.41. The number of thiazole rings is 1. The highest BCUT2D eigenvalue weighted by Crippen LogP contribution is 2.58. The van der Waals surface area contributed by atoms with Crippen LogP contribution < -0.4 is 5.32 Å². The normalized spacial score (nSPS) is 27.9. The van der Waals surface area contributed by atoms with Gasteiger partial charge in [-0.3, -0.25) is 9.59 Å². The molecule has 19 heavy (non-hydrogen) atoms. The Hall–Kier alpha value is -1.43. The first kappa shape index (κ1) is 12.6. The van der Waals surface area contributed by atoms with Crippen molar-refractivity contribution in [3.05, 3.63) is 11.1 Å². The molecule has 1 aromatic heterocycles. The number of anilines is 1. The maximum absolute atomic E-state index is 12.1. The molecule has 1 amide bonds. The lowest BCUT2D eigenvalue weighted by molar-refractivity contribution is -0.140. The Morgan fingerprint density at radius 1 is 1.42 bits per heavy atom. The lowest BCUT2D eigenvalue weighted by atomic mass is 10.1. The molecule has 0 bridgehead atoms. The van der Waals surface area contributed by atoms with Gasteiger partial charge in [0.2, 0.25) is 5.91 Å². The molecule has 6 heteroatoms. The average Bonchev–Trinajstić information content (AvgIpc) is 3.18. The molecule has 2 unspecified atom stereocenters. The van der Waals surface area contributed by atoms with Gasteiger partial charge >= 0.3 is 5.97 Å². The zero-order chi connectivity index (χ0) is 13.8. The van der Waals surface area contributed by atoms with Gasteiger partial charge < -0.3 is 10.4 Å². The molecule has 0 aliphatic heterocycles. The first-order valence-corrected chi connectivity index (χ1v) is 7.28. The minimum absolute atomic E-state index is 0.228. The van der Waals surface area contributed by atoms with Crippen molar-refractivity contribution in [2.45, 2.75) is 32.6 Å². The molecule has 2 aliphatic rings. The van der Waals surface area contributed by atoms with Crippen molar-refractivity contribution in [2.75, 3.05) is 5.32 Å². The van der Waals surface area contributed by atoms with E-state index in [4.69, 9.17) is 5.11 Å². The summed E-state index contributed by atoms with van der Waals surface area (Å²) in [7, 11) is 0. The molecule has 2 saturated carbocycles. The number of aliphatic carboxylic acids is 1. The molecule has 0 saturated heterocycles. The molecule has 1 heterocycles. The van der Waals surface area contributed by atoms with Crippen molar-refractivity contribution < 1.29 is 14.7 Å². The van der Waals surface area contributed by atoms with Gasteiger partial charge in [0.1, 0.15) is 0 Å². The van der Waals surface area contributed by atoms with E-state index < -0.39 is 23.2 Å². The summed E-state index contributed by atoms with van der Waals surface area (Å²) in [5, 5.41) is 14.4. The van der Waals surface area contributed by atoms with Crippen LogP contribution in [-0.2, 0) is 9.59 Å². The Morgan fingerprint density at radius 3 is 2.63 bits per heavy atom. The Balaban J connectivity index is 1.66. The molecule has 2 N–H and O–H groups in total. The monoisotopic (exact) mass is 280 g/mol. The van der Waals surface area contributed by atoms with Crippen LogP contribution in [0, 0.1) is 17.3 Å². The van der Waals surface area contributed by atoms with Crippen LogP contribution in [0.4, 0.5) is 5.13 Å². The second-order valence-electron chi connectivity index (χ2n) is 5.96. The first-order valence-electron chi connectivity index (χ1n) is 6.40. The second-order valence-corrected chi connectivity index (χ2v) is 6.81. The van der Waals surface area contributed by atoms with E-state index in [2.05, 4.69) is 10.3 Å². The van der Waals surface area contributed by atoms with Crippen molar-refractivity contribution in [1.29, 1.82) is 0 Å². The summed E-state index contributed by atoms with van der Waals surface area (Å²) in [6, 6.07) is 0. The number of aromatic nitrogens is 1. The third-order valence-electron chi connectivity index (χ3n) is 4.12. The summed E-state index contributed by atoms with van der Waals surface area (Å²) in [5.74, 6) is -1.61. The lowest BCUT2D eigenvalue weighted by Gasteiger charge is -2.02. The molecule has 5 nitrogen and oxygen atoms in total. The summed E-state index contributed by atoms with van der Waals surface area (Å²) in [4.78, 5) is 27.5. The summed E-state index contributed by atoms with van der Waals surface area (Å²) in [6.45, 7) is 3.63. The van der Waals surface area contributed by atoms with Gasteiger partial charge in [-0.1, -0.05) is 13.8 Å². The van der Waals surface area contributed by atoms with Gasteiger partial charge in [0, 0.05) is 11.3 Å². The Bertz CT molecular complexity index is 548. The highest BCUT2D eigenvalue weighted by molar-refractivity contribution is 7.13. The van der Waals surface area contributed by atoms with Crippen LogP contribution in [0.2, 0.25) is 0 Å². The predicted molar refractivity (Wildman–Crippen MR) is 71.1 cm³/mol. The van der Waals surface area contributed by atoms with E-state index in [9.17, 15) is 9.59 Å². The number of rotatable bonds is 4. The maximum Gasteiger partial charge on any atom is 0.307 e. The van der Waals surface area contributed by atoms with Crippen molar-refractivity contribution in [2.24, 2.45) is 17.3 Å². The van der Waals surface area contributed by atoms with Crippen molar-refractivity contribution in [3.8, 4) is 0 Å². The van der Waals surface area contributed by atoms with Gasteiger partial charge in [0.15, 0.2) is 5.13 Å². The Morgan fingerprint density at radius 2 is 2.11 bits per heavy atom. The standard InChI is InChI=1S/C13H16N2O3S/c1-13(2)8(9(13)11(17)18)10(16)15-12-14-7(5-19-12)6-3-4-6/h5-6,8-9H,3-4H2,1-2H3,(H,17,18)(H,14,15,16). The molecule has 102 valence electrons. The van der Waals surface area contributed by atoms with Crippen LogP contribution in [0.15, 0.2) is 5.38 Å². The highest BCUT2D eigenvalue weighted by atomic mass is 32.1. The van der Waals surface area contributed by atoms with Gasteiger partial charge in [-0.05, 0) is 18.3 Å². The maximum atomic E-state index is 12.1. The highest BCUT2D eigenvalue weighted by Gasteiger charge is 2.66. The topological polar surface area (TPSA) is 79.3 Å². The second kappa shape index (κ2) is 4.03. The van der Waals surface area contributed by atoms with Crippen molar-refractivity contribution in [3.63, 3.8) is 0 Å². The van der Waals surface area contributed by atoms with E-state index in [-0.39, 0.29) is 5.91 Å². The lowest BCUT2D eigenvalue weighted by Crippen LogP contribution is -2.17. The van der Waals surface area contributed by atoms with Crippen LogP contribution in [0.1, 0.15) is 38.3 Å². The number of carbonyl (C=O) groups is 2. The molecule has 2 fully saturated rings. The Kier molecular flexibility index (Phi) is 2.67. The number of carboxylic acids is 1. The van der Waals surface area contributed by atoms with E-state index in [0.717, 1.165) is 5.69 Å². The fourth-order valence-corrected chi connectivity index (χ4v) is 3.48. The van der Waals surface area contributed by atoms with Crippen molar-refractivity contribution in [1.82, 2.24) is 4.98 Å². The molecule has 3 rings (SSSR count). The summed E-state index contributed by atoms with van der Waals surface area (Å²) in [5.41, 5.74) is 0.581. The van der Waals surface area contributed by atoms with Gasteiger partial charge in [-0.25, -0.2) is 4.98 Å². The van der Waals surface area contributed by atoms with Crippen molar-refractivity contribution >= 4 is 28.3 Å². The molecular formula is C13H16N2O3S. The zero-order valence-corrected chi connectivity index (χ0v) is 11.7. The van der Waals surface area contributed by atoms with Gasteiger partial charge in [0.25, 0.3) is 0 Å². The molecule has 0 aromatic carbocycles. The van der Waals surface area contributed by atoms with Crippen LogP contribution in [0.5, 0.6) is 0 Å². The van der Waals surface area contributed by atoms with Gasteiger partial charge in [-0.2, -0.15) is 0 Å². The molecule has 2 atom stereocenters. The largest absolute Gasteiger partial charge is 0.481 e. The third-order valence-corrected chi connectivity index (χ3v) is 4.90. The van der Waals surface area contributed by atoms with Gasteiger partial charge in [-0.15, -0.1) is 11.3 Å². The zero-order valence-electron chi connectivity index (χ0n) is 10.8. The van der Waals surface area contributed by atoms with E-state index >= 15 is 0 Å². The minimum atomic E-state index is -0.900. The van der Waals surface area contributed by atoms with E-state index in [0.29, 0.717) is 11.0 Å². The predicted octanol–water partition coefficient (Wildman–Crippen LogP) is 2.32. The van der Waals surface area contributed by atoms with E-state index in [1.165, 1.54) is 24.2 Å². The quantitative estimate of drug-likeness (QED) is 0.887. The first-order chi connectivity index (χ1) is 8.91. The summed E-state index contributed by atoms with van der Waals surface area (Å²) < 4.78 is 0. The molecule has 2 aliphatic carbocycles. The molecule has 0 radical (unpaired) electrons. The summed E-state index contributed by atoms with van der Waals surface area (Å²) in [6.07, 6.45) is 2.35. The number of carbonyl (C=O) groups excluding carboxylic acids is 1. The molecule has 0 spiro atoms. The fourth-order valence-electron chi connectivity index (χ4n) is 2.68. The third kappa shape index (κ3) is 2.14. The number of amides is 1. The molecule has 1 aromatic rings. The minimum Gasteiger partial charge on any atom is -0.481 e. The smallest absolute Gasteiger partial charge is 0.307 e. The van der Waals surface area contributed by atoms with E-state index in [1.807, 2.05) is 19.2 Å². The van der Waals surface area contributed by atoms with Crippen LogP contribution in [0.25, 0.3) is 0 Å². The average molecular weight is 280 g/mol. The van der Waals surface area contributed by atoms with Gasteiger partial charge in [0.05, 0.1) is 17.5 Å². The van der Waals surface area contributed by atoms with Crippen LogP contribution in [-0.4, -0.2) is 22.0 Å². The molecular weight excluding hydrogens is 264 g/mol. The number of nitrogens with zero attached hydrogens (tertiary/aromatic N) is 1. The van der Waals surface area contributed by atoms with Crippen LogP contribution in [0.3, 0.4) is 0 Å². The number of carboxylic acid groups (broad SMARTS) is 1. The SMILES string of the molecule is CC1(C)C(C(=O)O)C1C(=O)Nc1nc(C2CC2)cs1. The van der Waals surface area contributed by atoms with E-state index in [1.54, 1.807) is 0 Å². The van der Waals surface area contributed by atoms with Crippen LogP contribution >= 0.6 is 11.3 Å². The fraction of sp³-hybridized carbons (Fsp3) is 0.615. The number of hydrogen-bond acceptors (Lipinski definition) is 4. The number of nitrogens with one attached hydrogen (secondary N) is 1.